The monoisotopic (exact) mass is 350 g/mol. The van der Waals surface area contributed by atoms with Crippen molar-refractivity contribution in [2.45, 2.75) is 25.7 Å². The highest BCUT2D eigenvalue weighted by molar-refractivity contribution is 5.88. The first-order valence-corrected chi connectivity index (χ1v) is 8.80. The zero-order valence-electron chi connectivity index (χ0n) is 14.2. The average molecular weight is 350 g/mol. The highest BCUT2D eigenvalue weighted by Gasteiger charge is 2.12. The van der Waals surface area contributed by atoms with Crippen LogP contribution in [0.5, 0.6) is 0 Å². The summed E-state index contributed by atoms with van der Waals surface area (Å²) in [6, 6.07) is 13.5. The maximum absolute atomic E-state index is 13.5. The topological polar surface area (TPSA) is 0 Å². The van der Waals surface area contributed by atoms with Gasteiger partial charge in [0.2, 0.25) is 0 Å². The maximum Gasteiger partial charge on any atom is 0.194 e. The molecule has 3 aromatic rings. The van der Waals surface area contributed by atoms with Gasteiger partial charge in [-0.25, -0.2) is 13.2 Å². The van der Waals surface area contributed by atoms with E-state index in [1.54, 1.807) is 6.07 Å². The van der Waals surface area contributed by atoms with Gasteiger partial charge in [-0.3, -0.25) is 0 Å². The number of benzene rings is 3. The van der Waals surface area contributed by atoms with Crippen LogP contribution < -0.4 is 0 Å². The van der Waals surface area contributed by atoms with E-state index < -0.39 is 17.5 Å². The van der Waals surface area contributed by atoms with E-state index in [9.17, 15) is 13.2 Å². The lowest BCUT2D eigenvalue weighted by Gasteiger charge is -2.06. The number of halogens is 3. The fourth-order valence-corrected chi connectivity index (χ4v) is 3.48. The summed E-state index contributed by atoms with van der Waals surface area (Å²) in [5, 5.41) is 1.95. The molecule has 0 radical (unpaired) electrons. The Kier molecular flexibility index (Phi) is 4.42. The molecule has 26 heavy (non-hydrogen) atoms. The molecule has 0 atom stereocenters. The van der Waals surface area contributed by atoms with Crippen molar-refractivity contribution >= 4 is 10.8 Å². The van der Waals surface area contributed by atoms with E-state index in [4.69, 9.17) is 0 Å². The van der Waals surface area contributed by atoms with Crippen molar-refractivity contribution in [3.8, 4) is 23.0 Å². The van der Waals surface area contributed by atoms with Crippen molar-refractivity contribution in [1.82, 2.24) is 0 Å². The molecule has 0 spiro atoms. The Morgan fingerprint density at radius 3 is 2.12 bits per heavy atom. The third-order valence-corrected chi connectivity index (χ3v) is 4.93. The van der Waals surface area contributed by atoms with Gasteiger partial charge in [0.05, 0.1) is 0 Å². The van der Waals surface area contributed by atoms with Crippen LogP contribution in [0.25, 0.3) is 21.9 Å². The van der Waals surface area contributed by atoms with Crippen LogP contribution in [0.2, 0.25) is 0 Å². The lowest BCUT2D eigenvalue weighted by molar-refractivity contribution is 0.448. The quantitative estimate of drug-likeness (QED) is 0.349. The van der Waals surface area contributed by atoms with Gasteiger partial charge in [-0.05, 0) is 65.1 Å². The van der Waals surface area contributed by atoms with Crippen molar-refractivity contribution in [3.05, 3.63) is 71.5 Å². The molecule has 4 rings (SSSR count). The molecule has 0 aromatic heterocycles. The van der Waals surface area contributed by atoms with Gasteiger partial charge in [-0.1, -0.05) is 42.9 Å². The van der Waals surface area contributed by atoms with Crippen LogP contribution in [-0.4, -0.2) is 0 Å². The minimum atomic E-state index is -1.44. The molecule has 0 aliphatic heterocycles. The van der Waals surface area contributed by atoms with Crippen LogP contribution in [0, 0.1) is 35.2 Å². The van der Waals surface area contributed by atoms with Gasteiger partial charge < -0.3 is 0 Å². The van der Waals surface area contributed by atoms with Crippen molar-refractivity contribution in [3.63, 3.8) is 0 Å². The molecular weight excluding hydrogens is 333 g/mol. The SMILES string of the molecule is Fc1cc(-c2ccc3cc(C#CC4CCCC4)ccc3c2)cc(F)c1F. The second-order valence-electron chi connectivity index (χ2n) is 6.78. The third-order valence-electron chi connectivity index (χ3n) is 4.93. The molecule has 1 fully saturated rings. The zero-order chi connectivity index (χ0) is 18.1. The second-order valence-corrected chi connectivity index (χ2v) is 6.78. The van der Waals surface area contributed by atoms with Gasteiger partial charge in [0.1, 0.15) is 0 Å². The molecule has 3 aromatic carbocycles. The van der Waals surface area contributed by atoms with Crippen molar-refractivity contribution in [2.75, 3.05) is 0 Å². The Morgan fingerprint density at radius 2 is 1.38 bits per heavy atom. The summed E-state index contributed by atoms with van der Waals surface area (Å²) >= 11 is 0. The van der Waals surface area contributed by atoms with E-state index in [1.807, 2.05) is 30.3 Å². The van der Waals surface area contributed by atoms with Crippen LogP contribution in [0.4, 0.5) is 13.2 Å². The molecule has 0 nitrogen and oxygen atoms in total. The first-order chi connectivity index (χ1) is 12.6. The smallest absolute Gasteiger partial charge is 0.194 e. The predicted molar refractivity (Wildman–Crippen MR) is 98.1 cm³/mol. The van der Waals surface area contributed by atoms with E-state index in [1.165, 1.54) is 25.7 Å². The van der Waals surface area contributed by atoms with Crippen LogP contribution in [0.1, 0.15) is 31.2 Å². The van der Waals surface area contributed by atoms with E-state index in [0.29, 0.717) is 17.0 Å². The highest BCUT2D eigenvalue weighted by atomic mass is 19.2. The first kappa shape index (κ1) is 16.7. The van der Waals surface area contributed by atoms with Crippen molar-refractivity contribution in [2.24, 2.45) is 5.92 Å². The number of hydrogen-bond acceptors (Lipinski definition) is 0. The lowest BCUT2D eigenvalue weighted by atomic mass is 9.99. The van der Waals surface area contributed by atoms with Crippen LogP contribution in [0.15, 0.2) is 48.5 Å². The molecule has 3 heteroatoms. The lowest BCUT2D eigenvalue weighted by Crippen LogP contribution is -1.92. The number of rotatable bonds is 1. The molecule has 0 N–H and O–H groups in total. The number of hydrogen-bond donors (Lipinski definition) is 0. The molecule has 1 saturated carbocycles. The highest BCUT2D eigenvalue weighted by Crippen LogP contribution is 2.28. The molecule has 130 valence electrons. The zero-order valence-corrected chi connectivity index (χ0v) is 14.2. The Bertz CT molecular complexity index is 1010. The van der Waals surface area contributed by atoms with Gasteiger partial charge in [-0.15, -0.1) is 0 Å². The fraction of sp³-hybridized carbons (Fsp3) is 0.217. The Hall–Kier alpha value is -2.73. The Morgan fingerprint density at radius 1 is 0.731 bits per heavy atom. The van der Waals surface area contributed by atoms with E-state index in [0.717, 1.165) is 28.5 Å². The largest absolute Gasteiger partial charge is 0.204 e. The summed E-state index contributed by atoms with van der Waals surface area (Å²) < 4.78 is 40.1. The summed E-state index contributed by atoms with van der Waals surface area (Å²) in [5.74, 6) is 3.30. The maximum atomic E-state index is 13.5. The molecule has 1 aliphatic rings. The van der Waals surface area contributed by atoms with Gasteiger partial charge in [0, 0.05) is 11.5 Å². The standard InChI is InChI=1S/C23H17F3/c24-21-13-20(14-22(25)23(21)26)19-10-9-17-11-16(7-8-18(17)12-19)6-5-15-3-1-2-4-15/h7-15H,1-4H2. The van der Waals surface area contributed by atoms with Gasteiger partial charge >= 0.3 is 0 Å². The van der Waals surface area contributed by atoms with Crippen LogP contribution in [0.3, 0.4) is 0 Å². The minimum absolute atomic E-state index is 0.313. The number of fused-ring (bicyclic) bond motifs is 1. The molecule has 1 aliphatic carbocycles. The van der Waals surface area contributed by atoms with E-state index in [2.05, 4.69) is 11.8 Å². The summed E-state index contributed by atoms with van der Waals surface area (Å²) in [6.45, 7) is 0. The Labute approximate surface area is 150 Å². The third kappa shape index (κ3) is 3.32. The molecule has 0 unspecified atom stereocenters. The van der Waals surface area contributed by atoms with Gasteiger partial charge in [0.15, 0.2) is 17.5 Å². The van der Waals surface area contributed by atoms with Crippen LogP contribution >= 0.6 is 0 Å². The van der Waals surface area contributed by atoms with Gasteiger partial charge in [0.25, 0.3) is 0 Å². The van der Waals surface area contributed by atoms with E-state index >= 15 is 0 Å². The molecule has 0 heterocycles. The summed E-state index contributed by atoms with van der Waals surface area (Å²) in [5.41, 5.74) is 1.92. The summed E-state index contributed by atoms with van der Waals surface area (Å²) in [7, 11) is 0. The minimum Gasteiger partial charge on any atom is -0.204 e. The second kappa shape index (κ2) is 6.88. The first-order valence-electron chi connectivity index (χ1n) is 8.80. The van der Waals surface area contributed by atoms with Crippen molar-refractivity contribution in [1.29, 1.82) is 0 Å². The van der Waals surface area contributed by atoms with Crippen LogP contribution in [-0.2, 0) is 0 Å². The van der Waals surface area contributed by atoms with Crippen molar-refractivity contribution < 1.29 is 13.2 Å². The molecular formula is C23H17F3. The Balaban J connectivity index is 1.67. The van der Waals surface area contributed by atoms with E-state index in [-0.39, 0.29) is 0 Å². The summed E-state index contributed by atoms with van der Waals surface area (Å²) in [4.78, 5) is 0. The normalized spacial score (nSPS) is 14.4. The average Bonchev–Trinajstić information content (AvgIpc) is 3.17. The summed E-state index contributed by atoms with van der Waals surface area (Å²) in [6.07, 6.45) is 4.91. The predicted octanol–water partition coefficient (Wildman–Crippen LogP) is 6.47. The fourth-order valence-electron chi connectivity index (χ4n) is 3.48. The van der Waals surface area contributed by atoms with Gasteiger partial charge in [-0.2, -0.15) is 0 Å². The molecule has 0 bridgehead atoms. The molecule has 0 amide bonds. The molecule has 0 saturated heterocycles.